The second-order valence-electron chi connectivity index (χ2n) is 9.81. The monoisotopic (exact) mass is 461 g/mol. The first-order valence-electron chi connectivity index (χ1n) is 12.3. The molecule has 1 N–H and O–H groups in total. The van der Waals surface area contributed by atoms with Crippen LogP contribution in [0.4, 0.5) is 0 Å². The van der Waals surface area contributed by atoms with Crippen LogP contribution in [0.2, 0.25) is 0 Å². The van der Waals surface area contributed by atoms with Crippen LogP contribution in [-0.2, 0) is 4.74 Å². The lowest BCUT2D eigenvalue weighted by atomic mass is 9.77. The minimum absolute atomic E-state index is 0.281. The highest BCUT2D eigenvalue weighted by Crippen LogP contribution is 2.45. The third kappa shape index (κ3) is 3.61. The van der Waals surface area contributed by atoms with Gasteiger partial charge in [-0.1, -0.05) is 24.8 Å². The van der Waals surface area contributed by atoms with Gasteiger partial charge in [0.1, 0.15) is 5.76 Å². The molecule has 0 amide bonds. The summed E-state index contributed by atoms with van der Waals surface area (Å²) in [5.41, 5.74) is 9.79. The highest BCUT2D eigenvalue weighted by Gasteiger charge is 2.42. The predicted molar refractivity (Wildman–Crippen MR) is 139 cm³/mol. The summed E-state index contributed by atoms with van der Waals surface area (Å²) in [4.78, 5) is 0. The third-order valence-corrected chi connectivity index (χ3v) is 7.62. The minimum atomic E-state index is 0.281. The number of nitrogens with one attached hydrogen (secondary N) is 1. The number of fused-ring (bicyclic) bond motifs is 8. The molecule has 4 heteroatoms. The van der Waals surface area contributed by atoms with E-state index >= 15 is 0 Å². The maximum absolute atomic E-state index is 5.96. The molecule has 4 nitrogen and oxygen atoms in total. The Morgan fingerprint density at radius 2 is 1.80 bits per heavy atom. The molecule has 0 fully saturated rings. The summed E-state index contributed by atoms with van der Waals surface area (Å²) < 4.78 is 10.7. The van der Waals surface area contributed by atoms with Gasteiger partial charge >= 0.3 is 0 Å². The average Bonchev–Trinajstić information content (AvgIpc) is 3.00. The highest BCUT2D eigenvalue weighted by atomic mass is 16.5. The van der Waals surface area contributed by atoms with E-state index in [0.717, 1.165) is 36.2 Å². The smallest absolute Gasteiger partial charge is 0.221 e. The zero-order valence-corrected chi connectivity index (χ0v) is 20.3. The maximum atomic E-state index is 5.96. The Kier molecular flexibility index (Phi) is 5.18. The fourth-order valence-electron chi connectivity index (χ4n) is 6.03. The van der Waals surface area contributed by atoms with Crippen molar-refractivity contribution < 1.29 is 13.9 Å². The molecule has 2 unspecified atom stereocenters. The molecule has 2 aromatic heterocycles. The number of aromatic nitrogens is 2. The molecule has 6 rings (SSSR count). The van der Waals surface area contributed by atoms with Crippen molar-refractivity contribution in [2.75, 3.05) is 6.54 Å². The fraction of sp³-hybridized carbons (Fsp3) is 0.226. The van der Waals surface area contributed by atoms with Gasteiger partial charge in [-0.2, -0.15) is 9.13 Å². The van der Waals surface area contributed by atoms with Crippen molar-refractivity contribution in [2.45, 2.75) is 38.1 Å². The Morgan fingerprint density at radius 1 is 0.971 bits per heavy atom. The largest absolute Gasteiger partial charge is 0.442 e. The van der Waals surface area contributed by atoms with E-state index in [-0.39, 0.29) is 6.04 Å². The molecule has 3 aliphatic rings. The second kappa shape index (κ2) is 8.38. The first kappa shape index (κ1) is 21.6. The van der Waals surface area contributed by atoms with Gasteiger partial charge in [0.2, 0.25) is 11.4 Å². The minimum Gasteiger partial charge on any atom is -0.442 e. The lowest BCUT2D eigenvalue weighted by Gasteiger charge is -2.31. The van der Waals surface area contributed by atoms with E-state index < -0.39 is 0 Å². The zero-order valence-electron chi connectivity index (χ0n) is 20.3. The van der Waals surface area contributed by atoms with E-state index in [0.29, 0.717) is 24.1 Å². The van der Waals surface area contributed by atoms with Crippen LogP contribution >= 0.6 is 0 Å². The number of rotatable bonds is 0. The zero-order chi connectivity index (χ0) is 24.1. The quantitative estimate of drug-likeness (QED) is 0.442. The lowest BCUT2D eigenvalue weighted by molar-refractivity contribution is -0.720. The number of allylic oxidation sites excluding steroid dienone is 2. The first-order chi connectivity index (χ1) is 17.0. The Bertz CT molecular complexity index is 1430. The van der Waals surface area contributed by atoms with E-state index in [2.05, 4.69) is 108 Å². The van der Waals surface area contributed by atoms with Crippen LogP contribution in [0.3, 0.4) is 0 Å². The molecule has 0 spiro atoms. The van der Waals surface area contributed by atoms with Crippen LogP contribution in [0.5, 0.6) is 0 Å². The summed E-state index contributed by atoms with van der Waals surface area (Å²) in [5.74, 6) is 1.54. The summed E-state index contributed by atoms with van der Waals surface area (Å²) in [7, 11) is 0. The fourth-order valence-corrected chi connectivity index (χ4v) is 6.03. The van der Waals surface area contributed by atoms with Gasteiger partial charge in [0.05, 0.1) is 12.0 Å². The number of nitrogens with zero attached hydrogens (tertiary/aromatic N) is 2. The normalized spacial score (nSPS) is 21.3. The molecule has 0 bridgehead atoms. The van der Waals surface area contributed by atoms with Crippen molar-refractivity contribution >= 4 is 11.3 Å². The van der Waals surface area contributed by atoms with Gasteiger partial charge in [-0.3, -0.25) is 0 Å². The Morgan fingerprint density at radius 3 is 2.69 bits per heavy atom. The molecule has 0 radical (unpaired) electrons. The van der Waals surface area contributed by atoms with E-state index in [1.54, 1.807) is 0 Å². The molecule has 0 aliphatic carbocycles. The number of ether oxygens (including phenoxy) is 1. The lowest BCUT2D eigenvalue weighted by Crippen LogP contribution is -2.49. The summed E-state index contributed by atoms with van der Waals surface area (Å²) in [5, 5.41) is 3.34. The molecular formula is C31H31N3O+2. The third-order valence-electron chi connectivity index (χ3n) is 7.62. The molecule has 0 saturated heterocycles. The van der Waals surface area contributed by atoms with E-state index in [4.69, 9.17) is 4.74 Å². The maximum Gasteiger partial charge on any atom is 0.221 e. The van der Waals surface area contributed by atoms with Gasteiger partial charge in [0, 0.05) is 41.8 Å². The Labute approximate surface area is 207 Å². The van der Waals surface area contributed by atoms with Crippen molar-refractivity contribution in [3.8, 4) is 11.3 Å². The van der Waals surface area contributed by atoms with Gasteiger partial charge in [0.15, 0.2) is 30.0 Å². The molecule has 2 atom stereocenters. The number of hydrogen-bond donors (Lipinski definition) is 1. The van der Waals surface area contributed by atoms with E-state index in [1.807, 2.05) is 0 Å². The predicted octanol–water partition coefficient (Wildman–Crippen LogP) is 5.59. The van der Waals surface area contributed by atoms with Crippen molar-refractivity contribution in [1.82, 2.24) is 5.32 Å². The topological polar surface area (TPSA) is 29.0 Å². The van der Waals surface area contributed by atoms with Crippen LogP contribution in [0.25, 0.3) is 22.5 Å². The SMILES string of the molecule is C=C1NCC2=C(C(=C)O1)c1cccc[n+]1C(=C)CC1C(CC2)c2ccccc2-c2ccc(C)c[n+]21. The van der Waals surface area contributed by atoms with Crippen molar-refractivity contribution in [1.29, 1.82) is 0 Å². The summed E-state index contributed by atoms with van der Waals surface area (Å²) >= 11 is 0. The van der Waals surface area contributed by atoms with E-state index in [1.165, 1.54) is 28.0 Å². The standard InChI is InChI=1S/C31H31N3O/c1-20-12-15-28-26-10-6-5-9-25(26)27-14-13-24-18-32-23(4)35-22(3)31(24)29-11-7-8-16-33(29)21(2)17-30(27)34(28)19-20/h5-12,15-16,19,27,30,32H,2-4,13-14,17-18H2,1H3/q+2. The average molecular weight is 462 g/mol. The van der Waals surface area contributed by atoms with Crippen LogP contribution in [0, 0.1) is 6.92 Å². The summed E-state index contributed by atoms with van der Waals surface area (Å²) in [6, 6.07) is 20.0. The number of hydrogen-bond acceptors (Lipinski definition) is 2. The van der Waals surface area contributed by atoms with Crippen LogP contribution in [0.1, 0.15) is 48.0 Å². The van der Waals surface area contributed by atoms with Crippen LogP contribution < -0.4 is 14.5 Å². The molecule has 0 saturated carbocycles. The van der Waals surface area contributed by atoms with Crippen LogP contribution in [-0.4, -0.2) is 6.54 Å². The van der Waals surface area contributed by atoms with Gasteiger partial charge in [-0.15, -0.1) is 0 Å². The molecular weight excluding hydrogens is 430 g/mol. The van der Waals surface area contributed by atoms with Gasteiger partial charge < -0.3 is 10.1 Å². The van der Waals surface area contributed by atoms with Crippen LogP contribution in [0.15, 0.2) is 104 Å². The summed E-state index contributed by atoms with van der Waals surface area (Å²) in [6.45, 7) is 15.8. The van der Waals surface area contributed by atoms with Crippen molar-refractivity contribution in [3.05, 3.63) is 121 Å². The Hall–Kier alpha value is -3.92. The highest BCUT2D eigenvalue weighted by molar-refractivity contribution is 5.77. The Balaban J connectivity index is 1.56. The molecule has 1 aromatic carbocycles. The van der Waals surface area contributed by atoms with Gasteiger partial charge in [0.25, 0.3) is 0 Å². The molecule has 3 aromatic rings. The first-order valence-corrected chi connectivity index (χ1v) is 12.3. The molecule has 35 heavy (non-hydrogen) atoms. The second-order valence-corrected chi connectivity index (χ2v) is 9.81. The van der Waals surface area contributed by atoms with E-state index in [9.17, 15) is 0 Å². The van der Waals surface area contributed by atoms with Gasteiger partial charge in [-0.25, -0.2) is 0 Å². The van der Waals surface area contributed by atoms with Crippen molar-refractivity contribution in [3.63, 3.8) is 0 Å². The number of benzene rings is 1. The molecule has 174 valence electrons. The summed E-state index contributed by atoms with van der Waals surface area (Å²) in [6.07, 6.45) is 7.25. The molecule has 3 aliphatic heterocycles. The van der Waals surface area contributed by atoms with Crippen molar-refractivity contribution in [2.24, 2.45) is 0 Å². The molecule has 5 heterocycles. The number of aryl methyl sites for hydroxylation is 1. The number of pyridine rings is 2. The van der Waals surface area contributed by atoms with Gasteiger partial charge in [-0.05, 0) is 62.3 Å².